The third-order valence-electron chi connectivity index (χ3n) is 13.6. The fourth-order valence-electron chi connectivity index (χ4n) is 9.86. The van der Waals surface area contributed by atoms with Gasteiger partial charge in [0.15, 0.2) is 0 Å². The van der Waals surface area contributed by atoms with Crippen molar-refractivity contribution >= 4 is 61.0 Å². The van der Waals surface area contributed by atoms with Crippen LogP contribution in [0.1, 0.15) is 67.9 Å². The summed E-state index contributed by atoms with van der Waals surface area (Å²) in [6, 6.07) is 42.0. The molecule has 6 aromatic rings. The van der Waals surface area contributed by atoms with Gasteiger partial charge in [-0.05, 0) is 5.39 Å². The molecule has 6 aromatic carbocycles. The van der Waals surface area contributed by atoms with Crippen LogP contribution < -0.4 is 32.3 Å². The molecule has 17 heteroatoms. The molecule has 0 saturated carbocycles. The topological polar surface area (TPSA) is 229 Å². The molecule has 16 nitrogen and oxygen atoms in total. The van der Waals surface area contributed by atoms with Crippen LogP contribution >= 0.6 is 20.6 Å². The van der Waals surface area contributed by atoms with E-state index in [9.17, 15) is 19.5 Å². The number of nitrogens with two attached hydrogens (primary N) is 1. The number of hydrogen-bond acceptors (Lipinski definition) is 11. The predicted octanol–water partition coefficient (Wildman–Crippen LogP) is 6.14. The second-order valence-electron chi connectivity index (χ2n) is 19.5. The molecule has 0 spiro atoms. The number of aromatic hydroxyl groups is 1. The number of alkyl halides is 1. The van der Waals surface area contributed by atoms with E-state index in [0.717, 1.165) is 33.0 Å². The van der Waals surface area contributed by atoms with E-state index in [1.165, 1.54) is 12.1 Å². The predicted molar refractivity (Wildman–Crippen MR) is 291 cm³/mol. The van der Waals surface area contributed by atoms with Gasteiger partial charge in [0.25, 0.3) is 0 Å². The molecule has 0 radical (unpaired) electrons. The SMILES string of the molecule is CC(OC(c1ccccc1)(c1ccccc1)c1ccccc1)C1NC(=O)C(CCCCN)NC(=O)[C@H](Cc2ccc3ccccc3c2)NC(=O)C(Cc2ccc(O)cc2)NC(=O)[C@H]2OI3OC(C)(C)OC3C2NC1=O. The Balaban J connectivity index is 1.15. The second-order valence-corrected chi connectivity index (χ2v) is 23.1. The van der Waals surface area contributed by atoms with Crippen molar-refractivity contribution in [2.24, 2.45) is 5.73 Å². The van der Waals surface area contributed by atoms with Crippen LogP contribution in [0.5, 0.6) is 5.75 Å². The minimum absolute atomic E-state index is 0.00379. The van der Waals surface area contributed by atoms with Crippen LogP contribution in [0, 0.1) is 0 Å². The summed E-state index contributed by atoms with van der Waals surface area (Å²) < 4.78 is 25.6. The molecule has 3 aliphatic heterocycles. The Kier molecular flexibility index (Phi) is 16.6. The molecule has 392 valence electrons. The molecule has 8 atom stereocenters. The molecule has 3 fully saturated rings. The van der Waals surface area contributed by atoms with Crippen LogP contribution in [0.4, 0.5) is 0 Å². The number of nitrogens with one attached hydrogen (secondary N) is 5. The van der Waals surface area contributed by atoms with Gasteiger partial charge in [-0.1, -0.05) is 24.3 Å². The van der Waals surface area contributed by atoms with Crippen molar-refractivity contribution in [1.82, 2.24) is 26.6 Å². The Morgan fingerprint density at radius 3 is 1.73 bits per heavy atom. The molecule has 3 saturated heterocycles. The number of halogens is 1. The van der Waals surface area contributed by atoms with Crippen LogP contribution in [0.15, 0.2) is 158 Å². The molecule has 3 aliphatic rings. The molecule has 8 N–H and O–H groups in total. The molecule has 0 bridgehead atoms. The Labute approximate surface area is 444 Å². The first kappa shape index (κ1) is 53.1. The van der Waals surface area contributed by atoms with E-state index in [2.05, 4.69) is 26.6 Å². The summed E-state index contributed by atoms with van der Waals surface area (Å²) in [6.45, 7) is 5.47. The molecule has 6 unspecified atom stereocenters. The van der Waals surface area contributed by atoms with Crippen molar-refractivity contribution in [3.8, 4) is 5.75 Å². The van der Waals surface area contributed by atoms with Gasteiger partial charge in [0, 0.05) is 0 Å². The van der Waals surface area contributed by atoms with Gasteiger partial charge in [-0.3, -0.25) is 0 Å². The summed E-state index contributed by atoms with van der Waals surface area (Å²) in [5.74, 6) is -4.67. The number of phenolic OH excluding ortho intramolecular Hbond substituents is 1. The molecular formula is C58H63IN6O10. The average Bonchev–Trinajstić information content (AvgIpc) is 3.91. The summed E-state index contributed by atoms with van der Waals surface area (Å²) in [7, 11) is 0. The monoisotopic (exact) mass is 1130 g/mol. The maximum absolute atomic E-state index is 15.5. The summed E-state index contributed by atoms with van der Waals surface area (Å²) in [5, 5.41) is 26.8. The maximum atomic E-state index is 15.5. The molecule has 0 aliphatic carbocycles. The van der Waals surface area contributed by atoms with Crippen molar-refractivity contribution < 1.29 is 44.7 Å². The van der Waals surface area contributed by atoms with Gasteiger partial charge in [0.1, 0.15) is 0 Å². The number of unbranched alkanes of at least 4 members (excludes halogenated alkanes) is 1. The number of rotatable bonds is 14. The first-order chi connectivity index (χ1) is 36.2. The van der Waals surface area contributed by atoms with E-state index in [1.807, 2.05) is 133 Å². The standard InChI is InChI=1S/C58H63IN6O10/c1-36(72-58(41-19-7-4-8-20-41,42-21-9-5-10-22-42)43-23-11-6-12-24-43)48-55(70)65-49-50(74-59-51(49)73-57(2,3)75-59)56(71)63-46(34-37-27-30-44(66)31-28-37)54(69)62-47(35-38-26-29-39-17-13-14-18-40(39)33-38)53(68)61-45(52(67)64-48)25-15-16-32-60/h4-14,17-24,26-31,33,36,45-51,66H,15-16,25,32,34-35,60H2,1-3H3,(H,61,68)(H,62,69)(H,63,71)(H,64,67)(H,65,70)/t36?,45?,46?,47-,48?,49?,50-,51?/m0/s1. The van der Waals surface area contributed by atoms with Gasteiger partial charge in [-0.25, -0.2) is 0 Å². The van der Waals surface area contributed by atoms with Crippen LogP contribution in [0.25, 0.3) is 10.8 Å². The van der Waals surface area contributed by atoms with Crippen molar-refractivity contribution in [2.45, 2.75) is 111 Å². The summed E-state index contributed by atoms with van der Waals surface area (Å²) >= 11 is -3.14. The van der Waals surface area contributed by atoms with E-state index in [0.29, 0.717) is 24.9 Å². The van der Waals surface area contributed by atoms with Crippen molar-refractivity contribution in [3.05, 3.63) is 186 Å². The minimum atomic E-state index is -3.14. The van der Waals surface area contributed by atoms with Gasteiger partial charge >= 0.3 is 411 Å². The number of benzene rings is 6. The third-order valence-corrected chi connectivity index (χ3v) is 18.2. The van der Waals surface area contributed by atoms with E-state index >= 15 is 9.59 Å². The Hall–Kier alpha value is -6.74. The van der Waals surface area contributed by atoms with Crippen LogP contribution in [-0.2, 0) is 58.0 Å². The first-order valence-corrected chi connectivity index (χ1v) is 28.3. The van der Waals surface area contributed by atoms with E-state index in [-0.39, 0.29) is 25.0 Å². The number of carbonyl (C=O) groups excluding carboxylic acids is 5. The fraction of sp³-hybridized carbons (Fsp3) is 0.328. The van der Waals surface area contributed by atoms with Gasteiger partial charge < -0.3 is 5.73 Å². The van der Waals surface area contributed by atoms with Crippen LogP contribution in [0.2, 0.25) is 0 Å². The van der Waals surface area contributed by atoms with Gasteiger partial charge in [0.2, 0.25) is 0 Å². The number of hydrogen-bond donors (Lipinski definition) is 7. The molecule has 0 aromatic heterocycles. The summed E-state index contributed by atoms with van der Waals surface area (Å²) in [6.07, 6.45) is -1.53. The molecule has 3 heterocycles. The zero-order valence-electron chi connectivity index (χ0n) is 41.9. The van der Waals surface area contributed by atoms with Gasteiger partial charge in [0.05, 0.1) is 0 Å². The summed E-state index contributed by atoms with van der Waals surface area (Å²) in [5.41, 5.74) is 8.16. The molecular weight excluding hydrogens is 1070 g/mol. The van der Waals surface area contributed by atoms with E-state index in [1.54, 1.807) is 32.9 Å². The normalized spacial score (nSPS) is 24.2. The zero-order valence-corrected chi connectivity index (χ0v) is 44.1. The second kappa shape index (κ2) is 23.4. The van der Waals surface area contributed by atoms with Crippen molar-refractivity contribution in [2.75, 3.05) is 6.54 Å². The Morgan fingerprint density at radius 1 is 0.613 bits per heavy atom. The van der Waals surface area contributed by atoms with Crippen molar-refractivity contribution in [3.63, 3.8) is 0 Å². The third kappa shape index (κ3) is 12.2. The number of amides is 5. The number of phenols is 1. The quantitative estimate of drug-likeness (QED) is 0.0284. The molecule has 5 amide bonds. The van der Waals surface area contributed by atoms with Crippen LogP contribution in [-0.4, -0.2) is 93.5 Å². The van der Waals surface area contributed by atoms with Crippen LogP contribution in [0.3, 0.4) is 0 Å². The molecule has 75 heavy (non-hydrogen) atoms. The Bertz CT molecular complexity index is 2870. The first-order valence-electron chi connectivity index (χ1n) is 25.3. The van der Waals surface area contributed by atoms with E-state index in [4.69, 9.17) is 21.3 Å². The van der Waals surface area contributed by atoms with Gasteiger partial charge in [-0.15, -0.1) is 0 Å². The number of ether oxygens (including phenoxy) is 2. The number of carbonyl (C=O) groups is 5. The molecule has 9 rings (SSSR count). The zero-order chi connectivity index (χ0) is 52.7. The summed E-state index contributed by atoms with van der Waals surface area (Å²) in [4.78, 5) is 75.2. The fourth-order valence-corrected chi connectivity index (χ4v) is 14.7. The van der Waals surface area contributed by atoms with Crippen molar-refractivity contribution in [1.29, 1.82) is 0 Å². The Morgan fingerprint density at radius 2 is 1.13 bits per heavy atom. The van der Waals surface area contributed by atoms with E-state index < -0.39 is 108 Å². The number of fused-ring (bicyclic) bond motifs is 4. The van der Waals surface area contributed by atoms with Gasteiger partial charge in [-0.2, -0.15) is 0 Å². The average molecular weight is 1130 g/mol.